The zero-order valence-corrected chi connectivity index (χ0v) is 9.52. The van der Waals surface area contributed by atoms with Gasteiger partial charge in [0, 0.05) is 4.75 Å². The number of carboxylic acid groups (broad SMARTS) is 1. The van der Waals surface area contributed by atoms with Crippen molar-refractivity contribution in [2.24, 2.45) is 11.7 Å². The lowest BCUT2D eigenvalue weighted by Gasteiger charge is -2.28. The second-order valence-electron chi connectivity index (χ2n) is 4.12. The highest BCUT2D eigenvalue weighted by atomic mass is 32.2. The predicted molar refractivity (Wildman–Crippen MR) is 57.0 cm³/mol. The Hall–Kier alpha value is -0.220. The van der Waals surface area contributed by atoms with E-state index in [0.29, 0.717) is 5.92 Å². The summed E-state index contributed by atoms with van der Waals surface area (Å²) >= 11 is 1.62. The summed E-state index contributed by atoms with van der Waals surface area (Å²) in [6, 6.07) is -0.795. The van der Waals surface area contributed by atoms with E-state index in [0.717, 1.165) is 5.75 Å². The van der Waals surface area contributed by atoms with Gasteiger partial charge in [0.05, 0.1) is 0 Å². The molecule has 1 atom stereocenters. The molecule has 0 fully saturated rings. The molecule has 0 unspecified atom stereocenters. The second-order valence-corrected chi connectivity index (χ2v) is 5.80. The molecule has 3 N–H and O–H groups in total. The first kappa shape index (κ1) is 12.8. The summed E-state index contributed by atoms with van der Waals surface area (Å²) in [6.45, 7) is 7.96. The summed E-state index contributed by atoms with van der Waals surface area (Å²) < 4.78 is -0.393. The van der Waals surface area contributed by atoms with Crippen LogP contribution >= 0.6 is 11.8 Å². The molecule has 0 rings (SSSR count). The topological polar surface area (TPSA) is 63.3 Å². The van der Waals surface area contributed by atoms with Gasteiger partial charge < -0.3 is 10.8 Å². The van der Waals surface area contributed by atoms with Gasteiger partial charge in [-0.15, -0.1) is 0 Å². The summed E-state index contributed by atoms with van der Waals surface area (Å²) in [5, 5.41) is 8.74. The van der Waals surface area contributed by atoms with Gasteiger partial charge in [-0.25, -0.2) is 0 Å². The summed E-state index contributed by atoms with van der Waals surface area (Å²) in [7, 11) is 0. The number of rotatable bonds is 5. The fourth-order valence-electron chi connectivity index (χ4n) is 0.769. The van der Waals surface area contributed by atoms with Gasteiger partial charge in [-0.1, -0.05) is 13.8 Å². The summed E-state index contributed by atoms with van der Waals surface area (Å²) in [6.07, 6.45) is 0. The summed E-state index contributed by atoms with van der Waals surface area (Å²) in [5.74, 6) is 0.570. The fraction of sp³-hybridized carbons (Fsp3) is 0.889. The van der Waals surface area contributed by atoms with E-state index in [4.69, 9.17) is 10.8 Å². The molecule has 0 radical (unpaired) electrons. The zero-order valence-electron chi connectivity index (χ0n) is 8.70. The van der Waals surface area contributed by atoms with Crippen molar-refractivity contribution in [3.8, 4) is 0 Å². The van der Waals surface area contributed by atoms with Crippen molar-refractivity contribution in [1.29, 1.82) is 0 Å². The molecule has 4 heteroatoms. The molecule has 0 aromatic rings. The van der Waals surface area contributed by atoms with E-state index >= 15 is 0 Å². The van der Waals surface area contributed by atoms with Crippen LogP contribution in [0.25, 0.3) is 0 Å². The van der Waals surface area contributed by atoms with Crippen LogP contribution < -0.4 is 5.73 Å². The van der Waals surface area contributed by atoms with Crippen molar-refractivity contribution < 1.29 is 9.90 Å². The molecule has 0 bridgehead atoms. The first-order valence-corrected chi connectivity index (χ1v) is 5.38. The van der Waals surface area contributed by atoms with Crippen LogP contribution in [-0.2, 0) is 4.79 Å². The van der Waals surface area contributed by atoms with Crippen LogP contribution in [0.4, 0.5) is 0 Å². The minimum Gasteiger partial charge on any atom is -0.480 e. The molecule has 0 aromatic heterocycles. The van der Waals surface area contributed by atoms with Crippen molar-refractivity contribution in [3.05, 3.63) is 0 Å². The molecule has 13 heavy (non-hydrogen) atoms. The van der Waals surface area contributed by atoms with Crippen LogP contribution in [0.3, 0.4) is 0 Å². The van der Waals surface area contributed by atoms with E-state index in [2.05, 4.69) is 13.8 Å². The van der Waals surface area contributed by atoms with Gasteiger partial charge in [-0.3, -0.25) is 4.79 Å². The van der Waals surface area contributed by atoms with Gasteiger partial charge in [0.25, 0.3) is 0 Å². The lowest BCUT2D eigenvalue weighted by molar-refractivity contribution is -0.139. The Labute approximate surface area is 84.1 Å². The number of carbonyl (C=O) groups is 1. The molecular weight excluding hydrogens is 186 g/mol. The first-order valence-electron chi connectivity index (χ1n) is 4.39. The Balaban J connectivity index is 4.13. The minimum atomic E-state index is -0.929. The van der Waals surface area contributed by atoms with E-state index in [9.17, 15) is 4.79 Å². The highest BCUT2D eigenvalue weighted by Gasteiger charge is 2.32. The third kappa shape index (κ3) is 4.52. The van der Waals surface area contributed by atoms with E-state index < -0.39 is 16.8 Å². The molecule has 0 saturated carbocycles. The van der Waals surface area contributed by atoms with Gasteiger partial charge in [0.15, 0.2) is 0 Å². The lowest BCUT2D eigenvalue weighted by atomic mass is 10.1. The van der Waals surface area contributed by atoms with Gasteiger partial charge >= 0.3 is 5.97 Å². The average molecular weight is 205 g/mol. The third-order valence-corrected chi connectivity index (χ3v) is 3.63. The molecule has 78 valence electrons. The quantitative estimate of drug-likeness (QED) is 0.715. The summed E-state index contributed by atoms with van der Waals surface area (Å²) in [4.78, 5) is 10.7. The Bertz CT molecular complexity index is 180. The van der Waals surface area contributed by atoms with Crippen LogP contribution in [0.5, 0.6) is 0 Å². The molecule has 0 heterocycles. The molecule has 3 nitrogen and oxygen atoms in total. The van der Waals surface area contributed by atoms with Crippen molar-refractivity contribution in [2.45, 2.75) is 38.5 Å². The molecule has 0 amide bonds. The SMILES string of the molecule is CC(C)CSC(C)(C)[C@@H](N)C(=O)O. The number of hydrogen-bond acceptors (Lipinski definition) is 3. The maximum atomic E-state index is 10.7. The molecule has 0 spiro atoms. The molecule has 0 aromatic carbocycles. The number of carboxylic acids is 1. The van der Waals surface area contributed by atoms with Crippen molar-refractivity contribution in [2.75, 3.05) is 5.75 Å². The molecule has 0 aliphatic carbocycles. The standard InChI is InChI=1S/C9H19NO2S/c1-6(2)5-13-9(3,4)7(10)8(11)12/h6-7H,5,10H2,1-4H3,(H,11,12)/t7-/m0/s1. The van der Waals surface area contributed by atoms with Crippen molar-refractivity contribution in [3.63, 3.8) is 0 Å². The van der Waals surface area contributed by atoms with Gasteiger partial charge in [0.2, 0.25) is 0 Å². The highest BCUT2D eigenvalue weighted by Crippen LogP contribution is 2.28. The van der Waals surface area contributed by atoms with Gasteiger partial charge in [-0.2, -0.15) is 11.8 Å². The van der Waals surface area contributed by atoms with Crippen LogP contribution in [0.1, 0.15) is 27.7 Å². The van der Waals surface area contributed by atoms with Crippen molar-refractivity contribution in [1.82, 2.24) is 0 Å². The predicted octanol–water partition coefficient (Wildman–Crippen LogP) is 1.57. The smallest absolute Gasteiger partial charge is 0.321 e. The molecule has 0 aliphatic heterocycles. The minimum absolute atomic E-state index is 0.393. The largest absolute Gasteiger partial charge is 0.480 e. The van der Waals surface area contributed by atoms with Crippen LogP contribution in [0.2, 0.25) is 0 Å². The van der Waals surface area contributed by atoms with Crippen LogP contribution in [0.15, 0.2) is 0 Å². The number of thioether (sulfide) groups is 1. The normalized spacial score (nSPS) is 14.6. The number of aliphatic carboxylic acids is 1. The maximum Gasteiger partial charge on any atom is 0.321 e. The molecule has 0 saturated heterocycles. The Morgan fingerprint density at radius 2 is 2.00 bits per heavy atom. The van der Waals surface area contributed by atoms with Crippen molar-refractivity contribution >= 4 is 17.7 Å². The maximum absolute atomic E-state index is 10.7. The van der Waals surface area contributed by atoms with Gasteiger partial charge in [-0.05, 0) is 25.5 Å². The Morgan fingerprint density at radius 1 is 1.54 bits per heavy atom. The molecule has 0 aliphatic rings. The highest BCUT2D eigenvalue weighted by molar-refractivity contribution is 8.00. The summed E-state index contributed by atoms with van der Waals surface area (Å²) in [5.41, 5.74) is 5.56. The Morgan fingerprint density at radius 3 is 2.31 bits per heavy atom. The first-order chi connectivity index (χ1) is 5.77. The monoisotopic (exact) mass is 205 g/mol. The average Bonchev–Trinajstić information content (AvgIpc) is 1.99. The lowest BCUT2D eigenvalue weighted by Crippen LogP contribution is -2.47. The number of hydrogen-bond donors (Lipinski definition) is 2. The fourth-order valence-corrected chi connectivity index (χ4v) is 1.81. The number of nitrogens with two attached hydrogens (primary N) is 1. The molecular formula is C9H19NO2S. The van der Waals surface area contributed by atoms with Crippen LogP contribution in [0, 0.1) is 5.92 Å². The zero-order chi connectivity index (χ0) is 10.6. The van der Waals surface area contributed by atoms with E-state index in [-0.39, 0.29) is 0 Å². The third-order valence-electron chi connectivity index (χ3n) is 1.80. The van der Waals surface area contributed by atoms with Crippen LogP contribution in [-0.4, -0.2) is 27.6 Å². The van der Waals surface area contributed by atoms with E-state index in [1.54, 1.807) is 11.8 Å². The van der Waals surface area contributed by atoms with E-state index in [1.165, 1.54) is 0 Å². The van der Waals surface area contributed by atoms with Gasteiger partial charge in [0.1, 0.15) is 6.04 Å². The second kappa shape index (κ2) is 4.86. The Kier molecular flexibility index (Phi) is 4.78. The van der Waals surface area contributed by atoms with E-state index in [1.807, 2.05) is 13.8 Å².